The van der Waals surface area contributed by atoms with Crippen LogP contribution in [0, 0.1) is 5.92 Å². The minimum absolute atomic E-state index is 0.106. The topological polar surface area (TPSA) is 70.5 Å². The van der Waals surface area contributed by atoms with Gasteiger partial charge in [-0.3, -0.25) is 9.59 Å². The maximum atomic E-state index is 12.1. The standard InChI is InChI=1S/C14H18N2O3S/c17-13(10-20-12-3-1-2-6-15-12)16-7-4-11(5-8-16)9-14(18)19/h1-3,6,11H,4-5,7-10H2,(H,18,19). The van der Waals surface area contributed by atoms with Crippen molar-refractivity contribution in [2.45, 2.75) is 24.3 Å². The molecule has 0 saturated carbocycles. The highest BCUT2D eigenvalue weighted by atomic mass is 32.2. The molecule has 20 heavy (non-hydrogen) atoms. The van der Waals surface area contributed by atoms with Gasteiger partial charge < -0.3 is 10.0 Å². The second-order valence-electron chi connectivity index (χ2n) is 4.88. The van der Waals surface area contributed by atoms with Gasteiger partial charge in [-0.15, -0.1) is 0 Å². The molecule has 0 aromatic carbocycles. The molecule has 1 saturated heterocycles. The van der Waals surface area contributed by atoms with Crippen molar-refractivity contribution >= 4 is 23.6 Å². The Morgan fingerprint density at radius 2 is 2.10 bits per heavy atom. The number of aliphatic carboxylic acids is 1. The average Bonchev–Trinajstić information content (AvgIpc) is 2.46. The molecular weight excluding hydrogens is 276 g/mol. The van der Waals surface area contributed by atoms with Crippen LogP contribution in [-0.2, 0) is 9.59 Å². The summed E-state index contributed by atoms with van der Waals surface area (Å²) in [6, 6.07) is 5.63. The van der Waals surface area contributed by atoms with Gasteiger partial charge in [-0.2, -0.15) is 0 Å². The van der Waals surface area contributed by atoms with Gasteiger partial charge in [-0.05, 0) is 30.9 Å². The molecule has 5 nitrogen and oxygen atoms in total. The van der Waals surface area contributed by atoms with Crippen molar-refractivity contribution in [3.05, 3.63) is 24.4 Å². The number of hydrogen-bond acceptors (Lipinski definition) is 4. The van der Waals surface area contributed by atoms with E-state index in [1.54, 1.807) is 6.20 Å². The molecule has 0 radical (unpaired) electrons. The van der Waals surface area contributed by atoms with Crippen molar-refractivity contribution < 1.29 is 14.7 Å². The number of rotatable bonds is 5. The van der Waals surface area contributed by atoms with E-state index in [0.29, 0.717) is 18.8 Å². The quantitative estimate of drug-likeness (QED) is 0.840. The van der Waals surface area contributed by atoms with Crippen LogP contribution in [0.25, 0.3) is 0 Å². The number of amides is 1. The smallest absolute Gasteiger partial charge is 0.303 e. The summed E-state index contributed by atoms with van der Waals surface area (Å²) in [6.45, 7) is 1.33. The first kappa shape index (κ1) is 14.8. The van der Waals surface area contributed by atoms with Crippen LogP contribution in [0.2, 0.25) is 0 Å². The molecular formula is C14H18N2O3S. The van der Waals surface area contributed by atoms with E-state index in [1.165, 1.54) is 11.8 Å². The first-order valence-corrected chi connectivity index (χ1v) is 7.67. The highest BCUT2D eigenvalue weighted by molar-refractivity contribution is 7.99. The molecule has 0 bridgehead atoms. The van der Waals surface area contributed by atoms with Gasteiger partial charge in [0.25, 0.3) is 0 Å². The molecule has 0 aliphatic carbocycles. The third-order valence-corrected chi connectivity index (χ3v) is 4.34. The molecule has 6 heteroatoms. The summed E-state index contributed by atoms with van der Waals surface area (Å²) in [7, 11) is 0. The molecule has 1 N–H and O–H groups in total. The lowest BCUT2D eigenvalue weighted by molar-refractivity contribution is -0.138. The molecule has 1 aromatic rings. The molecule has 0 unspecified atom stereocenters. The number of pyridine rings is 1. The molecule has 0 spiro atoms. The van der Waals surface area contributed by atoms with Crippen LogP contribution >= 0.6 is 11.8 Å². The summed E-state index contributed by atoms with van der Waals surface area (Å²) in [5, 5.41) is 9.61. The molecule has 1 aliphatic heterocycles. The van der Waals surface area contributed by atoms with Gasteiger partial charge in [-0.25, -0.2) is 4.98 Å². The van der Waals surface area contributed by atoms with Crippen LogP contribution in [-0.4, -0.2) is 45.7 Å². The molecule has 1 fully saturated rings. The lowest BCUT2D eigenvalue weighted by Gasteiger charge is -2.31. The Labute approximate surface area is 122 Å². The highest BCUT2D eigenvalue weighted by Crippen LogP contribution is 2.22. The lowest BCUT2D eigenvalue weighted by atomic mass is 9.94. The normalized spacial score (nSPS) is 16.1. The maximum absolute atomic E-state index is 12.1. The first-order chi connectivity index (χ1) is 9.65. The van der Waals surface area contributed by atoms with Crippen molar-refractivity contribution in [2.24, 2.45) is 5.92 Å². The Bertz CT molecular complexity index is 459. The summed E-state index contributed by atoms with van der Waals surface area (Å²) < 4.78 is 0. The summed E-state index contributed by atoms with van der Waals surface area (Å²) in [5.74, 6) is -0.0458. The number of carbonyl (C=O) groups excluding carboxylic acids is 1. The highest BCUT2D eigenvalue weighted by Gasteiger charge is 2.24. The van der Waals surface area contributed by atoms with Crippen molar-refractivity contribution in [1.82, 2.24) is 9.88 Å². The number of aromatic nitrogens is 1. The number of likely N-dealkylation sites (tertiary alicyclic amines) is 1. The first-order valence-electron chi connectivity index (χ1n) is 6.68. The molecule has 1 aliphatic rings. The predicted octanol–water partition coefficient (Wildman–Crippen LogP) is 1.89. The monoisotopic (exact) mass is 294 g/mol. The van der Waals surface area contributed by atoms with Gasteiger partial charge in [0.2, 0.25) is 5.91 Å². The molecule has 2 heterocycles. The van der Waals surface area contributed by atoms with E-state index in [4.69, 9.17) is 5.11 Å². The van der Waals surface area contributed by atoms with Crippen LogP contribution in [0.1, 0.15) is 19.3 Å². The predicted molar refractivity (Wildman–Crippen MR) is 76.5 cm³/mol. The van der Waals surface area contributed by atoms with Gasteiger partial charge in [0, 0.05) is 25.7 Å². The number of thioether (sulfide) groups is 1. The minimum atomic E-state index is -0.750. The van der Waals surface area contributed by atoms with Crippen LogP contribution < -0.4 is 0 Å². The summed E-state index contributed by atoms with van der Waals surface area (Å²) in [5.41, 5.74) is 0. The van der Waals surface area contributed by atoms with E-state index in [0.717, 1.165) is 17.9 Å². The van der Waals surface area contributed by atoms with Gasteiger partial charge in [0.05, 0.1) is 10.8 Å². The van der Waals surface area contributed by atoms with E-state index < -0.39 is 5.97 Å². The Kier molecular flexibility index (Phi) is 5.40. The molecule has 108 valence electrons. The number of hydrogen-bond donors (Lipinski definition) is 1. The Morgan fingerprint density at radius 1 is 1.35 bits per heavy atom. The fourth-order valence-electron chi connectivity index (χ4n) is 2.29. The zero-order valence-electron chi connectivity index (χ0n) is 11.2. The van der Waals surface area contributed by atoms with E-state index in [2.05, 4.69) is 4.98 Å². The number of carboxylic acid groups (broad SMARTS) is 1. The zero-order chi connectivity index (χ0) is 14.4. The number of carbonyl (C=O) groups is 2. The SMILES string of the molecule is O=C(O)CC1CCN(C(=O)CSc2ccccn2)CC1. The van der Waals surface area contributed by atoms with Crippen LogP contribution in [0.4, 0.5) is 0 Å². The molecule has 0 atom stereocenters. The van der Waals surface area contributed by atoms with Gasteiger partial charge >= 0.3 is 5.97 Å². The van der Waals surface area contributed by atoms with E-state index in [9.17, 15) is 9.59 Å². The Balaban J connectivity index is 1.73. The Morgan fingerprint density at radius 3 is 2.70 bits per heavy atom. The third-order valence-electron chi connectivity index (χ3n) is 3.41. The summed E-state index contributed by atoms with van der Waals surface area (Å²) >= 11 is 1.44. The molecule has 2 rings (SSSR count). The van der Waals surface area contributed by atoms with Crippen LogP contribution in [0.15, 0.2) is 29.4 Å². The van der Waals surface area contributed by atoms with Gasteiger partial charge in [0.1, 0.15) is 0 Å². The largest absolute Gasteiger partial charge is 0.481 e. The maximum Gasteiger partial charge on any atom is 0.303 e. The summed E-state index contributed by atoms with van der Waals surface area (Å²) in [6.07, 6.45) is 3.49. The van der Waals surface area contributed by atoms with Crippen molar-refractivity contribution in [3.63, 3.8) is 0 Å². The minimum Gasteiger partial charge on any atom is -0.481 e. The fraction of sp³-hybridized carbons (Fsp3) is 0.500. The van der Waals surface area contributed by atoms with E-state index in [1.807, 2.05) is 23.1 Å². The van der Waals surface area contributed by atoms with Crippen molar-refractivity contribution in [2.75, 3.05) is 18.8 Å². The lowest BCUT2D eigenvalue weighted by Crippen LogP contribution is -2.39. The Hall–Kier alpha value is -1.56. The number of carboxylic acids is 1. The fourth-order valence-corrected chi connectivity index (χ4v) is 3.06. The number of nitrogens with zero attached hydrogens (tertiary/aromatic N) is 2. The summed E-state index contributed by atoms with van der Waals surface area (Å²) in [4.78, 5) is 28.7. The van der Waals surface area contributed by atoms with Crippen molar-refractivity contribution in [3.8, 4) is 0 Å². The molecule has 1 amide bonds. The van der Waals surface area contributed by atoms with Gasteiger partial charge in [0.15, 0.2) is 0 Å². The second kappa shape index (κ2) is 7.28. The van der Waals surface area contributed by atoms with E-state index in [-0.39, 0.29) is 18.2 Å². The average molecular weight is 294 g/mol. The van der Waals surface area contributed by atoms with Crippen LogP contribution in [0.5, 0.6) is 0 Å². The zero-order valence-corrected chi connectivity index (χ0v) is 12.0. The molecule has 1 aromatic heterocycles. The third kappa shape index (κ3) is 4.52. The van der Waals surface area contributed by atoms with Crippen LogP contribution in [0.3, 0.4) is 0 Å². The van der Waals surface area contributed by atoms with Gasteiger partial charge in [-0.1, -0.05) is 17.8 Å². The van der Waals surface area contributed by atoms with E-state index >= 15 is 0 Å². The number of piperidine rings is 1. The second-order valence-corrected chi connectivity index (χ2v) is 5.87. The van der Waals surface area contributed by atoms with Crippen molar-refractivity contribution in [1.29, 1.82) is 0 Å².